The van der Waals surface area contributed by atoms with E-state index in [1.165, 1.54) is 5.56 Å². The lowest BCUT2D eigenvalue weighted by Gasteiger charge is -2.34. The molecule has 0 heterocycles. The fourth-order valence-corrected chi connectivity index (χ4v) is 2.97. The second-order valence-corrected chi connectivity index (χ2v) is 5.53. The first-order chi connectivity index (χ1) is 9.60. The number of benzene rings is 1. The zero-order valence-corrected chi connectivity index (χ0v) is 11.6. The van der Waals surface area contributed by atoms with E-state index in [0.717, 1.165) is 25.7 Å². The van der Waals surface area contributed by atoms with Crippen LogP contribution in [-0.2, 0) is 4.74 Å². The Morgan fingerprint density at radius 1 is 1.40 bits per heavy atom. The molecular weight excluding hydrogens is 254 g/mol. The monoisotopic (exact) mass is 273 g/mol. The molecule has 0 unspecified atom stereocenters. The molecule has 0 aromatic heterocycles. The maximum absolute atomic E-state index is 10.8. The summed E-state index contributed by atoms with van der Waals surface area (Å²) in [6.45, 7) is 0.494. The predicted molar refractivity (Wildman–Crippen MR) is 74.5 cm³/mol. The predicted octanol–water partition coefficient (Wildman–Crippen LogP) is 3.20. The van der Waals surface area contributed by atoms with E-state index in [-0.39, 0.29) is 5.41 Å². The molecule has 106 valence electrons. The Hall–Kier alpha value is -1.86. The normalized spacial score (nSPS) is 25.9. The van der Waals surface area contributed by atoms with Crippen LogP contribution in [0.25, 0.3) is 0 Å². The van der Waals surface area contributed by atoms with E-state index in [0.29, 0.717) is 18.1 Å². The van der Waals surface area contributed by atoms with Crippen LogP contribution in [-0.4, -0.2) is 24.8 Å². The Morgan fingerprint density at radius 3 is 2.45 bits per heavy atom. The number of aromatic carboxylic acids is 1. The Labute approximate surface area is 119 Å². The van der Waals surface area contributed by atoms with Gasteiger partial charge in [0.2, 0.25) is 0 Å². The van der Waals surface area contributed by atoms with E-state index < -0.39 is 5.97 Å². The highest BCUT2D eigenvalue weighted by atomic mass is 16.5. The van der Waals surface area contributed by atoms with Crippen LogP contribution in [0.3, 0.4) is 0 Å². The van der Waals surface area contributed by atoms with Gasteiger partial charge in [0, 0.05) is 7.11 Å². The van der Waals surface area contributed by atoms with E-state index in [2.05, 4.69) is 6.07 Å². The molecule has 0 radical (unpaired) electrons. The minimum Gasteiger partial charge on any atom is -0.478 e. The van der Waals surface area contributed by atoms with Gasteiger partial charge in [0.1, 0.15) is 0 Å². The minimum atomic E-state index is -0.899. The molecule has 0 saturated heterocycles. The Bertz CT molecular complexity index is 508. The van der Waals surface area contributed by atoms with Gasteiger partial charge in [-0.2, -0.15) is 5.26 Å². The van der Waals surface area contributed by atoms with E-state index in [4.69, 9.17) is 9.84 Å². The average Bonchev–Trinajstić information content (AvgIpc) is 2.48. The van der Waals surface area contributed by atoms with Gasteiger partial charge in [0.15, 0.2) is 0 Å². The molecular formula is C16H19NO3. The second kappa shape index (κ2) is 6.06. The molecule has 1 fully saturated rings. The molecule has 1 aromatic carbocycles. The Balaban J connectivity index is 2.03. The summed E-state index contributed by atoms with van der Waals surface area (Å²) in [5, 5.41) is 18.2. The van der Waals surface area contributed by atoms with E-state index in [9.17, 15) is 10.1 Å². The van der Waals surface area contributed by atoms with Crippen molar-refractivity contribution in [1.29, 1.82) is 5.26 Å². The largest absolute Gasteiger partial charge is 0.478 e. The van der Waals surface area contributed by atoms with Crippen LogP contribution in [0.2, 0.25) is 0 Å². The van der Waals surface area contributed by atoms with Crippen molar-refractivity contribution in [2.75, 3.05) is 13.7 Å². The molecule has 0 bridgehead atoms. The highest BCUT2D eigenvalue weighted by Crippen LogP contribution is 2.42. The van der Waals surface area contributed by atoms with Crippen molar-refractivity contribution in [1.82, 2.24) is 0 Å². The summed E-state index contributed by atoms with van der Waals surface area (Å²) in [4.78, 5) is 10.8. The van der Waals surface area contributed by atoms with Crippen LogP contribution in [0.4, 0.5) is 0 Å². The molecule has 20 heavy (non-hydrogen) atoms. The minimum absolute atomic E-state index is 0.315. The third kappa shape index (κ3) is 3.00. The second-order valence-electron chi connectivity index (χ2n) is 5.53. The van der Waals surface area contributed by atoms with Gasteiger partial charge in [0.25, 0.3) is 0 Å². The Morgan fingerprint density at radius 2 is 2.00 bits per heavy atom. The molecule has 0 atom stereocenters. The third-order valence-corrected chi connectivity index (χ3v) is 4.23. The highest BCUT2D eigenvalue weighted by molar-refractivity contribution is 5.87. The van der Waals surface area contributed by atoms with Crippen LogP contribution in [0.5, 0.6) is 0 Å². The smallest absolute Gasteiger partial charge is 0.335 e. The number of rotatable bonds is 4. The van der Waals surface area contributed by atoms with Crippen molar-refractivity contribution in [3.8, 4) is 6.07 Å². The average molecular weight is 273 g/mol. The zero-order chi connectivity index (χ0) is 14.6. The van der Waals surface area contributed by atoms with Crippen molar-refractivity contribution in [2.24, 2.45) is 5.41 Å². The Kier molecular flexibility index (Phi) is 4.41. The first kappa shape index (κ1) is 14.5. The van der Waals surface area contributed by atoms with E-state index in [1.54, 1.807) is 19.2 Å². The van der Waals surface area contributed by atoms with Crippen molar-refractivity contribution in [2.45, 2.75) is 31.6 Å². The van der Waals surface area contributed by atoms with Crippen LogP contribution >= 0.6 is 0 Å². The lowest BCUT2D eigenvalue weighted by Crippen LogP contribution is -2.29. The van der Waals surface area contributed by atoms with Gasteiger partial charge >= 0.3 is 5.97 Å². The van der Waals surface area contributed by atoms with Gasteiger partial charge < -0.3 is 9.84 Å². The summed E-state index contributed by atoms with van der Waals surface area (Å²) >= 11 is 0. The summed E-state index contributed by atoms with van der Waals surface area (Å²) < 4.78 is 5.17. The van der Waals surface area contributed by atoms with Crippen LogP contribution in [0.1, 0.15) is 47.5 Å². The number of carboxylic acid groups (broad SMARTS) is 1. The third-order valence-electron chi connectivity index (χ3n) is 4.23. The maximum Gasteiger partial charge on any atom is 0.335 e. The van der Waals surface area contributed by atoms with Gasteiger partial charge in [-0.1, -0.05) is 12.1 Å². The summed E-state index contributed by atoms with van der Waals surface area (Å²) in [6.07, 6.45) is 3.57. The molecule has 4 nitrogen and oxygen atoms in total. The van der Waals surface area contributed by atoms with Gasteiger partial charge in [-0.25, -0.2) is 4.79 Å². The van der Waals surface area contributed by atoms with Gasteiger partial charge in [-0.05, 0) is 49.3 Å². The SMILES string of the molecule is COCC1(C#N)CCC(c2ccc(C(=O)O)cc2)CC1. The van der Waals surface area contributed by atoms with Crippen LogP contribution in [0, 0.1) is 16.7 Å². The number of methoxy groups -OCH3 is 1. The quantitative estimate of drug-likeness (QED) is 0.914. The standard InChI is InChI=1S/C16H19NO3/c1-20-11-16(10-17)8-6-13(7-9-16)12-2-4-14(5-3-12)15(18)19/h2-5,13H,6-9,11H2,1H3,(H,18,19). The number of hydrogen-bond acceptors (Lipinski definition) is 3. The zero-order valence-electron chi connectivity index (χ0n) is 11.6. The molecule has 1 aromatic rings. The first-order valence-electron chi connectivity index (χ1n) is 6.84. The van der Waals surface area contributed by atoms with Gasteiger partial charge in [-0.15, -0.1) is 0 Å². The van der Waals surface area contributed by atoms with Crippen LogP contribution in [0.15, 0.2) is 24.3 Å². The summed E-state index contributed by atoms with van der Waals surface area (Å²) in [5.74, 6) is -0.486. The van der Waals surface area contributed by atoms with Gasteiger partial charge in [0.05, 0.1) is 23.7 Å². The molecule has 2 rings (SSSR count). The summed E-state index contributed by atoms with van der Waals surface area (Å²) in [5.41, 5.74) is 1.14. The molecule has 1 saturated carbocycles. The fourth-order valence-electron chi connectivity index (χ4n) is 2.97. The lowest BCUT2D eigenvalue weighted by molar-refractivity contribution is 0.0696. The van der Waals surface area contributed by atoms with Gasteiger partial charge in [-0.3, -0.25) is 0 Å². The van der Waals surface area contributed by atoms with Crippen molar-refractivity contribution < 1.29 is 14.6 Å². The molecule has 4 heteroatoms. The molecule has 1 aliphatic carbocycles. The topological polar surface area (TPSA) is 70.3 Å². The van der Waals surface area contributed by atoms with Crippen molar-refractivity contribution in [3.05, 3.63) is 35.4 Å². The van der Waals surface area contributed by atoms with E-state index in [1.807, 2.05) is 12.1 Å². The number of carbonyl (C=O) groups is 1. The number of nitrogens with zero attached hydrogens (tertiary/aromatic N) is 1. The summed E-state index contributed by atoms with van der Waals surface area (Å²) in [7, 11) is 1.63. The first-order valence-corrected chi connectivity index (χ1v) is 6.84. The molecule has 0 aliphatic heterocycles. The van der Waals surface area contributed by atoms with Crippen molar-refractivity contribution in [3.63, 3.8) is 0 Å². The molecule has 1 aliphatic rings. The van der Waals surface area contributed by atoms with Crippen LogP contribution < -0.4 is 0 Å². The number of ether oxygens (including phenoxy) is 1. The molecule has 0 amide bonds. The fraction of sp³-hybridized carbons (Fsp3) is 0.500. The van der Waals surface area contributed by atoms with E-state index >= 15 is 0 Å². The molecule has 0 spiro atoms. The maximum atomic E-state index is 10.8. The highest BCUT2D eigenvalue weighted by Gasteiger charge is 2.35. The van der Waals surface area contributed by atoms with Crippen molar-refractivity contribution >= 4 is 5.97 Å². The summed E-state index contributed by atoms with van der Waals surface area (Å²) in [6, 6.07) is 9.50. The number of carboxylic acids is 1. The number of hydrogen-bond donors (Lipinski definition) is 1. The lowest BCUT2D eigenvalue weighted by atomic mass is 9.70. The number of nitriles is 1. The molecule has 1 N–H and O–H groups in total.